The van der Waals surface area contributed by atoms with Gasteiger partial charge in [-0.05, 0) is 24.4 Å². The fraction of sp³-hybridized carbons (Fsp3) is 0.667. The van der Waals surface area contributed by atoms with Crippen LogP contribution >= 0.6 is 11.5 Å². The lowest BCUT2D eigenvalue weighted by Crippen LogP contribution is -2.33. The van der Waals surface area contributed by atoms with Crippen LogP contribution < -0.4 is 0 Å². The molecule has 0 atom stereocenters. The molecule has 0 bridgehead atoms. The van der Waals surface area contributed by atoms with E-state index in [0.29, 0.717) is 37.0 Å². The number of nitrogens with zero attached hydrogens (tertiary/aromatic N) is 4. The minimum atomic E-state index is -0.0247. The largest absolute Gasteiger partial charge is 0.323 e. The number of hydrogen-bond donors (Lipinski definition) is 0. The summed E-state index contributed by atoms with van der Waals surface area (Å²) >= 11 is 1.17. The summed E-state index contributed by atoms with van der Waals surface area (Å²) in [6.07, 6.45) is 2.69. The highest BCUT2D eigenvalue weighted by Gasteiger charge is 2.35. The van der Waals surface area contributed by atoms with Crippen LogP contribution in [0.15, 0.2) is 0 Å². The Hall–Kier alpha value is -1.50. The molecule has 0 N–H and O–H groups in total. The molecule has 1 aromatic heterocycles. The van der Waals surface area contributed by atoms with Gasteiger partial charge >= 0.3 is 0 Å². The van der Waals surface area contributed by atoms with Gasteiger partial charge in [0.2, 0.25) is 5.91 Å². The van der Waals surface area contributed by atoms with Gasteiger partial charge in [-0.2, -0.15) is 0 Å². The third-order valence-corrected chi connectivity index (χ3v) is 4.32. The highest BCUT2D eigenvalue weighted by molar-refractivity contribution is 7.08. The molecule has 1 saturated carbocycles. The highest BCUT2D eigenvalue weighted by atomic mass is 32.1. The summed E-state index contributed by atoms with van der Waals surface area (Å²) in [5.41, 5.74) is 0.857. The van der Waals surface area contributed by atoms with Crippen LogP contribution in [0.4, 0.5) is 0 Å². The lowest BCUT2D eigenvalue weighted by Gasteiger charge is -2.17. The van der Waals surface area contributed by atoms with E-state index in [1.807, 2.05) is 6.92 Å². The minimum Gasteiger partial charge on any atom is -0.323 e. The first-order valence-corrected chi connectivity index (χ1v) is 7.37. The van der Waals surface area contributed by atoms with Crippen molar-refractivity contribution in [2.75, 3.05) is 19.8 Å². The zero-order valence-electron chi connectivity index (χ0n) is 10.8. The van der Waals surface area contributed by atoms with E-state index < -0.39 is 0 Å². The molecule has 1 aliphatic heterocycles. The minimum absolute atomic E-state index is 0.0247. The molecule has 2 fully saturated rings. The van der Waals surface area contributed by atoms with Crippen LogP contribution in [0.2, 0.25) is 0 Å². The van der Waals surface area contributed by atoms with E-state index >= 15 is 0 Å². The molecule has 102 valence electrons. The molecule has 7 heteroatoms. The van der Waals surface area contributed by atoms with Gasteiger partial charge < -0.3 is 9.80 Å². The van der Waals surface area contributed by atoms with Gasteiger partial charge in [-0.1, -0.05) is 11.4 Å². The Labute approximate surface area is 115 Å². The highest BCUT2D eigenvalue weighted by Crippen LogP contribution is 2.41. The molecule has 6 nitrogen and oxygen atoms in total. The van der Waals surface area contributed by atoms with E-state index in [1.165, 1.54) is 11.5 Å². The van der Waals surface area contributed by atoms with E-state index in [4.69, 9.17) is 0 Å². The number of carbonyl (C=O) groups is 2. The Balaban J connectivity index is 1.71. The third kappa shape index (κ3) is 2.34. The van der Waals surface area contributed by atoms with E-state index in [1.54, 1.807) is 9.80 Å². The second-order valence-electron chi connectivity index (χ2n) is 4.98. The Morgan fingerprint density at radius 1 is 1.32 bits per heavy atom. The molecule has 2 amide bonds. The summed E-state index contributed by atoms with van der Waals surface area (Å²) in [6, 6.07) is 0. The van der Waals surface area contributed by atoms with Crippen LogP contribution in [-0.2, 0) is 4.79 Å². The molecule has 1 saturated heterocycles. The zero-order valence-corrected chi connectivity index (χ0v) is 11.7. The Bertz CT molecular complexity index is 512. The lowest BCUT2D eigenvalue weighted by atomic mass is 10.2. The second kappa shape index (κ2) is 4.88. The maximum absolute atomic E-state index is 12.4. The van der Waals surface area contributed by atoms with Crippen molar-refractivity contribution in [1.29, 1.82) is 0 Å². The summed E-state index contributed by atoms with van der Waals surface area (Å²) in [6.45, 7) is 3.47. The molecule has 3 rings (SSSR count). The standard InChI is InChI=1S/C12H16N4O2S/c1-2-9(17)15-5-6-16(7-15)12(18)11-10(8-3-4-8)13-14-19-11/h8H,2-7H2,1H3. The summed E-state index contributed by atoms with van der Waals surface area (Å²) in [5, 5.41) is 4.08. The number of rotatable bonds is 3. The molecule has 1 aliphatic carbocycles. The van der Waals surface area contributed by atoms with E-state index in [2.05, 4.69) is 9.59 Å². The average molecular weight is 280 g/mol. The van der Waals surface area contributed by atoms with Crippen LogP contribution in [0.1, 0.15) is 47.5 Å². The molecule has 19 heavy (non-hydrogen) atoms. The van der Waals surface area contributed by atoms with Gasteiger partial charge in [0.1, 0.15) is 4.88 Å². The molecule has 0 radical (unpaired) electrons. The summed E-state index contributed by atoms with van der Waals surface area (Å²) in [5.74, 6) is 0.497. The van der Waals surface area contributed by atoms with Gasteiger partial charge in [0.25, 0.3) is 5.91 Å². The van der Waals surface area contributed by atoms with Gasteiger partial charge in [0, 0.05) is 25.4 Å². The molecule has 0 unspecified atom stereocenters. The normalized spacial score (nSPS) is 19.0. The van der Waals surface area contributed by atoms with E-state index in [-0.39, 0.29) is 11.8 Å². The first-order chi connectivity index (χ1) is 9.20. The van der Waals surface area contributed by atoms with Crippen LogP contribution in [0.25, 0.3) is 0 Å². The fourth-order valence-electron chi connectivity index (χ4n) is 2.30. The SMILES string of the molecule is CCC(=O)N1CCN(C(=O)c2snnc2C2CC2)C1. The fourth-order valence-corrected chi connectivity index (χ4v) is 3.01. The van der Waals surface area contributed by atoms with Crippen molar-refractivity contribution in [2.45, 2.75) is 32.1 Å². The summed E-state index contributed by atoms with van der Waals surface area (Å²) in [7, 11) is 0. The van der Waals surface area contributed by atoms with Crippen molar-refractivity contribution in [3.8, 4) is 0 Å². The summed E-state index contributed by atoms with van der Waals surface area (Å²) in [4.78, 5) is 28.2. The molecule has 0 spiro atoms. The van der Waals surface area contributed by atoms with Crippen LogP contribution in [0.5, 0.6) is 0 Å². The first kappa shape index (κ1) is 12.5. The monoisotopic (exact) mass is 280 g/mol. The number of amides is 2. The van der Waals surface area contributed by atoms with Gasteiger partial charge in [-0.3, -0.25) is 9.59 Å². The Morgan fingerprint density at radius 3 is 2.74 bits per heavy atom. The predicted molar refractivity (Wildman–Crippen MR) is 69.8 cm³/mol. The third-order valence-electron chi connectivity index (χ3n) is 3.60. The zero-order chi connectivity index (χ0) is 13.4. The lowest BCUT2D eigenvalue weighted by molar-refractivity contribution is -0.130. The molecular formula is C12H16N4O2S. The maximum atomic E-state index is 12.4. The topological polar surface area (TPSA) is 66.4 Å². The van der Waals surface area contributed by atoms with Gasteiger partial charge in [-0.25, -0.2) is 0 Å². The second-order valence-corrected chi connectivity index (χ2v) is 5.74. The molecule has 1 aromatic rings. The van der Waals surface area contributed by atoms with Crippen molar-refractivity contribution in [3.63, 3.8) is 0 Å². The van der Waals surface area contributed by atoms with Gasteiger partial charge in [0.15, 0.2) is 0 Å². The van der Waals surface area contributed by atoms with E-state index in [9.17, 15) is 9.59 Å². The molecule has 2 aliphatic rings. The maximum Gasteiger partial charge on any atom is 0.269 e. The quantitative estimate of drug-likeness (QED) is 0.830. The Kier molecular flexibility index (Phi) is 3.22. The summed E-state index contributed by atoms with van der Waals surface area (Å²) < 4.78 is 3.91. The molecular weight excluding hydrogens is 264 g/mol. The van der Waals surface area contributed by atoms with Gasteiger partial charge in [0.05, 0.1) is 12.4 Å². The number of aromatic nitrogens is 2. The van der Waals surface area contributed by atoms with Crippen LogP contribution in [0.3, 0.4) is 0 Å². The number of hydrogen-bond acceptors (Lipinski definition) is 5. The average Bonchev–Trinajstić information content (AvgIpc) is 2.97. The smallest absolute Gasteiger partial charge is 0.269 e. The first-order valence-electron chi connectivity index (χ1n) is 6.60. The predicted octanol–water partition coefficient (Wildman–Crippen LogP) is 1.07. The van der Waals surface area contributed by atoms with Crippen LogP contribution in [-0.4, -0.2) is 51.0 Å². The van der Waals surface area contributed by atoms with Crippen molar-refractivity contribution in [1.82, 2.24) is 19.4 Å². The van der Waals surface area contributed by atoms with Crippen LogP contribution in [0, 0.1) is 0 Å². The van der Waals surface area contributed by atoms with Crippen molar-refractivity contribution >= 4 is 23.3 Å². The van der Waals surface area contributed by atoms with Gasteiger partial charge in [-0.15, -0.1) is 5.10 Å². The Morgan fingerprint density at radius 2 is 2.05 bits per heavy atom. The van der Waals surface area contributed by atoms with E-state index in [0.717, 1.165) is 18.5 Å². The molecule has 2 heterocycles. The van der Waals surface area contributed by atoms with Crippen molar-refractivity contribution < 1.29 is 9.59 Å². The van der Waals surface area contributed by atoms with Crippen molar-refractivity contribution in [3.05, 3.63) is 10.6 Å². The number of carbonyl (C=O) groups excluding carboxylic acids is 2. The van der Waals surface area contributed by atoms with Crippen molar-refractivity contribution in [2.24, 2.45) is 0 Å². The molecule has 0 aromatic carbocycles.